The average molecular weight is 415 g/mol. The fourth-order valence-corrected chi connectivity index (χ4v) is 4.05. The highest BCUT2D eigenvalue weighted by atomic mass is 19.1. The van der Waals surface area contributed by atoms with Gasteiger partial charge in [-0.3, -0.25) is 9.59 Å². The first kappa shape index (κ1) is 19.1. The Kier molecular flexibility index (Phi) is 4.55. The van der Waals surface area contributed by atoms with Gasteiger partial charge in [-0.2, -0.15) is 0 Å². The van der Waals surface area contributed by atoms with Gasteiger partial charge in [-0.05, 0) is 47.5 Å². The van der Waals surface area contributed by atoms with Crippen LogP contribution in [0.1, 0.15) is 33.3 Å². The number of fused-ring (bicyclic) bond motifs is 2. The van der Waals surface area contributed by atoms with Crippen molar-refractivity contribution in [2.24, 2.45) is 0 Å². The minimum atomic E-state index is -0.675. The van der Waals surface area contributed by atoms with Crippen molar-refractivity contribution in [2.75, 3.05) is 7.11 Å². The lowest BCUT2D eigenvalue weighted by atomic mass is 9.98. The Hall–Kier alpha value is -3.93. The Balaban J connectivity index is 1.67. The predicted molar refractivity (Wildman–Crippen MR) is 114 cm³/mol. The molecular formula is C25H18FNO4. The van der Waals surface area contributed by atoms with Crippen LogP contribution in [0.3, 0.4) is 0 Å². The van der Waals surface area contributed by atoms with Crippen LogP contribution in [0, 0.1) is 5.82 Å². The molecule has 5 rings (SSSR count). The molecule has 1 atom stereocenters. The number of nitrogens with zero attached hydrogens (tertiary/aromatic N) is 1. The van der Waals surface area contributed by atoms with E-state index in [0.717, 1.165) is 5.56 Å². The molecule has 154 valence electrons. The van der Waals surface area contributed by atoms with Crippen LogP contribution >= 0.6 is 0 Å². The van der Waals surface area contributed by atoms with Gasteiger partial charge in [-0.25, -0.2) is 4.39 Å². The van der Waals surface area contributed by atoms with Crippen LogP contribution in [0.4, 0.5) is 4.39 Å². The van der Waals surface area contributed by atoms with Crippen molar-refractivity contribution < 1.29 is 18.3 Å². The average Bonchev–Trinajstić information content (AvgIpc) is 3.07. The molecule has 2 heterocycles. The maximum atomic E-state index is 13.6. The van der Waals surface area contributed by atoms with Crippen LogP contribution in [0.5, 0.6) is 5.75 Å². The Morgan fingerprint density at radius 2 is 1.68 bits per heavy atom. The molecule has 5 nitrogen and oxygen atoms in total. The number of carbonyl (C=O) groups is 1. The lowest BCUT2D eigenvalue weighted by molar-refractivity contribution is 0.0714. The number of hydrogen-bond acceptors (Lipinski definition) is 4. The molecular weight excluding hydrogens is 397 g/mol. The SMILES string of the molecule is COc1ccc(CN2C(=O)c3oc4ccccc4c(=O)c3[C@H]2c2ccc(F)cc2)cc1. The molecule has 0 fully saturated rings. The summed E-state index contributed by atoms with van der Waals surface area (Å²) < 4.78 is 24.7. The topological polar surface area (TPSA) is 59.8 Å². The van der Waals surface area contributed by atoms with Gasteiger partial charge in [0.2, 0.25) is 5.76 Å². The molecule has 0 unspecified atom stereocenters. The summed E-state index contributed by atoms with van der Waals surface area (Å²) >= 11 is 0. The second-order valence-electron chi connectivity index (χ2n) is 7.41. The molecule has 6 heteroatoms. The fourth-order valence-electron chi connectivity index (χ4n) is 4.05. The zero-order valence-corrected chi connectivity index (χ0v) is 16.7. The van der Waals surface area contributed by atoms with Crippen molar-refractivity contribution in [1.82, 2.24) is 4.90 Å². The molecule has 1 amide bonds. The van der Waals surface area contributed by atoms with Gasteiger partial charge in [-0.15, -0.1) is 0 Å². The Bertz CT molecular complexity index is 1340. The molecule has 1 aliphatic heterocycles. The van der Waals surface area contributed by atoms with Crippen LogP contribution in [0.15, 0.2) is 82.0 Å². The van der Waals surface area contributed by atoms with E-state index in [1.165, 1.54) is 12.1 Å². The number of carbonyl (C=O) groups excluding carboxylic acids is 1. The number of benzene rings is 3. The molecule has 4 aromatic rings. The molecule has 0 radical (unpaired) electrons. The van der Waals surface area contributed by atoms with Crippen molar-refractivity contribution in [3.05, 3.63) is 111 Å². The van der Waals surface area contributed by atoms with E-state index in [2.05, 4.69) is 0 Å². The smallest absolute Gasteiger partial charge is 0.291 e. The van der Waals surface area contributed by atoms with E-state index in [-0.39, 0.29) is 35.0 Å². The molecule has 0 saturated heterocycles. The monoisotopic (exact) mass is 415 g/mol. The maximum absolute atomic E-state index is 13.6. The first-order chi connectivity index (χ1) is 15.1. The van der Waals surface area contributed by atoms with Crippen LogP contribution < -0.4 is 10.2 Å². The third-order valence-electron chi connectivity index (χ3n) is 5.57. The summed E-state index contributed by atoms with van der Waals surface area (Å²) in [5, 5.41) is 0.410. The van der Waals surface area contributed by atoms with Crippen LogP contribution in [-0.2, 0) is 6.54 Å². The molecule has 0 spiro atoms. The minimum Gasteiger partial charge on any atom is -0.497 e. The fraction of sp³-hybridized carbons (Fsp3) is 0.120. The summed E-state index contributed by atoms with van der Waals surface area (Å²) in [4.78, 5) is 28.3. The summed E-state index contributed by atoms with van der Waals surface area (Å²) in [6.07, 6.45) is 0. The molecule has 0 N–H and O–H groups in total. The van der Waals surface area contributed by atoms with E-state index in [0.29, 0.717) is 22.3 Å². The number of halogens is 1. The van der Waals surface area contributed by atoms with E-state index in [4.69, 9.17) is 9.15 Å². The van der Waals surface area contributed by atoms with E-state index < -0.39 is 6.04 Å². The summed E-state index contributed by atoms with van der Waals surface area (Å²) in [5.74, 6) is -0.0203. The van der Waals surface area contributed by atoms with Gasteiger partial charge >= 0.3 is 0 Å². The lowest BCUT2D eigenvalue weighted by Gasteiger charge is -2.25. The van der Waals surface area contributed by atoms with Gasteiger partial charge in [0, 0.05) is 6.54 Å². The zero-order valence-electron chi connectivity index (χ0n) is 16.7. The second-order valence-corrected chi connectivity index (χ2v) is 7.41. The molecule has 1 aliphatic rings. The second kappa shape index (κ2) is 7.40. The predicted octanol–water partition coefficient (Wildman–Crippen LogP) is 4.69. The third kappa shape index (κ3) is 3.17. The highest BCUT2D eigenvalue weighted by molar-refractivity contribution is 5.99. The quantitative estimate of drug-likeness (QED) is 0.485. The first-order valence-corrected chi connectivity index (χ1v) is 9.82. The van der Waals surface area contributed by atoms with E-state index in [1.807, 2.05) is 24.3 Å². The number of ether oxygens (including phenoxy) is 1. The Morgan fingerprint density at radius 1 is 0.968 bits per heavy atom. The Morgan fingerprint density at radius 3 is 2.39 bits per heavy atom. The number of para-hydroxylation sites is 1. The van der Waals surface area contributed by atoms with E-state index >= 15 is 0 Å². The van der Waals surface area contributed by atoms with Crippen molar-refractivity contribution in [3.8, 4) is 5.75 Å². The van der Waals surface area contributed by atoms with Crippen molar-refractivity contribution >= 4 is 16.9 Å². The lowest BCUT2D eigenvalue weighted by Crippen LogP contribution is -2.29. The van der Waals surface area contributed by atoms with Crippen molar-refractivity contribution in [1.29, 1.82) is 0 Å². The van der Waals surface area contributed by atoms with Crippen molar-refractivity contribution in [2.45, 2.75) is 12.6 Å². The van der Waals surface area contributed by atoms with Gasteiger partial charge in [0.1, 0.15) is 17.1 Å². The minimum absolute atomic E-state index is 0.0338. The highest BCUT2D eigenvalue weighted by Crippen LogP contribution is 2.39. The van der Waals surface area contributed by atoms with Gasteiger partial charge in [0.15, 0.2) is 5.43 Å². The maximum Gasteiger partial charge on any atom is 0.291 e. The molecule has 31 heavy (non-hydrogen) atoms. The molecule has 0 bridgehead atoms. The number of hydrogen-bond donors (Lipinski definition) is 0. The summed E-state index contributed by atoms with van der Waals surface area (Å²) in [6, 6.07) is 19.4. The van der Waals surface area contributed by atoms with Crippen LogP contribution in [0.2, 0.25) is 0 Å². The van der Waals surface area contributed by atoms with Gasteiger partial charge < -0.3 is 14.1 Å². The van der Waals surface area contributed by atoms with E-state index in [9.17, 15) is 14.0 Å². The molecule has 0 saturated carbocycles. The van der Waals surface area contributed by atoms with Gasteiger partial charge in [-0.1, -0.05) is 36.4 Å². The van der Waals surface area contributed by atoms with Crippen LogP contribution in [0.25, 0.3) is 11.0 Å². The summed E-state index contributed by atoms with van der Waals surface area (Å²) in [7, 11) is 1.59. The third-order valence-corrected chi connectivity index (χ3v) is 5.57. The molecule has 1 aromatic heterocycles. The summed E-state index contributed by atoms with van der Waals surface area (Å²) in [6.45, 7) is 0.255. The first-order valence-electron chi connectivity index (χ1n) is 9.82. The standard InChI is InChI=1S/C25H18FNO4/c1-30-18-12-6-15(7-13-18)14-27-22(16-8-10-17(26)11-9-16)21-23(28)19-4-2-3-5-20(19)31-24(21)25(27)29/h2-13,22H,14H2,1H3/t22-/m1/s1. The zero-order chi connectivity index (χ0) is 21.5. The summed E-state index contributed by atoms with van der Waals surface area (Å²) in [5.41, 5.74) is 1.90. The van der Waals surface area contributed by atoms with Gasteiger partial charge in [0.25, 0.3) is 5.91 Å². The van der Waals surface area contributed by atoms with Crippen molar-refractivity contribution in [3.63, 3.8) is 0 Å². The number of methoxy groups -OCH3 is 1. The van der Waals surface area contributed by atoms with E-state index in [1.54, 1.807) is 48.4 Å². The number of rotatable bonds is 4. The molecule has 0 aliphatic carbocycles. The highest BCUT2D eigenvalue weighted by Gasteiger charge is 2.42. The Labute approximate surface area is 177 Å². The number of amides is 1. The normalized spacial score (nSPS) is 15.4. The largest absolute Gasteiger partial charge is 0.497 e. The van der Waals surface area contributed by atoms with Crippen LogP contribution in [-0.4, -0.2) is 17.9 Å². The van der Waals surface area contributed by atoms with Gasteiger partial charge in [0.05, 0.1) is 24.1 Å². The molecule has 3 aromatic carbocycles.